The molecule has 0 saturated carbocycles. The highest BCUT2D eigenvalue weighted by Crippen LogP contribution is 2.14. The SMILES string of the molecule is CCCCCCc1c(CC)n(-c2ccccc2)nnc1=N.c1ccc2ocnc2c1.c1ccc2ocnc2c1. The molecule has 0 atom stereocenters. The summed E-state index contributed by atoms with van der Waals surface area (Å²) in [7, 11) is 0. The Labute approximate surface area is 227 Å². The van der Waals surface area contributed by atoms with Crippen LogP contribution >= 0.6 is 0 Å². The summed E-state index contributed by atoms with van der Waals surface area (Å²) in [6.45, 7) is 4.33. The van der Waals surface area contributed by atoms with E-state index < -0.39 is 0 Å². The average Bonchev–Trinajstić information content (AvgIpc) is 3.67. The van der Waals surface area contributed by atoms with E-state index >= 15 is 0 Å². The van der Waals surface area contributed by atoms with Gasteiger partial charge in [-0.25, -0.2) is 14.6 Å². The van der Waals surface area contributed by atoms with Crippen molar-refractivity contribution in [1.29, 1.82) is 5.41 Å². The van der Waals surface area contributed by atoms with Crippen molar-refractivity contribution in [3.05, 3.63) is 108 Å². The van der Waals surface area contributed by atoms with Crippen LogP contribution < -0.4 is 5.49 Å². The van der Waals surface area contributed by atoms with Crippen molar-refractivity contribution in [2.24, 2.45) is 0 Å². The molecule has 0 fully saturated rings. The highest BCUT2D eigenvalue weighted by atomic mass is 16.3. The summed E-state index contributed by atoms with van der Waals surface area (Å²) in [6.07, 6.45) is 9.50. The number of nitrogens with zero attached hydrogens (tertiary/aromatic N) is 5. The van der Waals surface area contributed by atoms with Gasteiger partial charge >= 0.3 is 0 Å². The summed E-state index contributed by atoms with van der Waals surface area (Å²) in [4.78, 5) is 7.90. The maximum atomic E-state index is 8.07. The van der Waals surface area contributed by atoms with Crippen LogP contribution in [0.5, 0.6) is 0 Å². The van der Waals surface area contributed by atoms with Gasteiger partial charge in [0.25, 0.3) is 0 Å². The number of rotatable bonds is 7. The largest absolute Gasteiger partial charge is 0.443 e. The van der Waals surface area contributed by atoms with E-state index in [1.165, 1.54) is 32.0 Å². The second-order valence-electron chi connectivity index (χ2n) is 8.92. The van der Waals surface area contributed by atoms with E-state index in [4.69, 9.17) is 14.2 Å². The fourth-order valence-electron chi connectivity index (χ4n) is 4.21. The molecule has 0 unspecified atom stereocenters. The van der Waals surface area contributed by atoms with Crippen LogP contribution in [0.2, 0.25) is 0 Å². The lowest BCUT2D eigenvalue weighted by Crippen LogP contribution is -2.24. The van der Waals surface area contributed by atoms with E-state index in [9.17, 15) is 0 Å². The van der Waals surface area contributed by atoms with Crippen molar-refractivity contribution in [2.45, 2.75) is 52.4 Å². The summed E-state index contributed by atoms with van der Waals surface area (Å²) in [5.41, 5.74) is 7.02. The molecule has 0 saturated heterocycles. The van der Waals surface area contributed by atoms with Gasteiger partial charge in [0.1, 0.15) is 11.0 Å². The van der Waals surface area contributed by atoms with Gasteiger partial charge in [0.15, 0.2) is 29.4 Å². The lowest BCUT2D eigenvalue weighted by atomic mass is 10.0. The molecule has 200 valence electrons. The first-order valence-corrected chi connectivity index (χ1v) is 13.4. The second kappa shape index (κ2) is 14.4. The predicted molar refractivity (Wildman–Crippen MR) is 152 cm³/mol. The van der Waals surface area contributed by atoms with Gasteiger partial charge in [0, 0.05) is 5.56 Å². The Balaban J connectivity index is 0.000000159. The Bertz CT molecular complexity index is 1490. The van der Waals surface area contributed by atoms with E-state index in [0.717, 1.165) is 58.4 Å². The molecule has 6 aromatic rings. The number of para-hydroxylation sites is 5. The minimum Gasteiger partial charge on any atom is -0.443 e. The highest BCUT2D eigenvalue weighted by molar-refractivity contribution is 5.71. The zero-order chi connectivity index (χ0) is 27.3. The van der Waals surface area contributed by atoms with Gasteiger partial charge in [0.2, 0.25) is 0 Å². The van der Waals surface area contributed by atoms with Gasteiger partial charge in [0.05, 0.1) is 11.4 Å². The van der Waals surface area contributed by atoms with E-state index in [1.54, 1.807) is 0 Å². The van der Waals surface area contributed by atoms with Crippen molar-refractivity contribution in [3.8, 4) is 5.69 Å². The monoisotopic (exact) mass is 522 g/mol. The summed E-state index contributed by atoms with van der Waals surface area (Å²) in [5, 5.41) is 16.3. The highest BCUT2D eigenvalue weighted by Gasteiger charge is 2.11. The molecule has 3 heterocycles. The Morgan fingerprint density at radius 1 is 0.718 bits per heavy atom. The molecule has 0 radical (unpaired) electrons. The van der Waals surface area contributed by atoms with Gasteiger partial charge in [-0.3, -0.25) is 5.41 Å². The molecule has 0 aliphatic rings. The van der Waals surface area contributed by atoms with E-state index in [-0.39, 0.29) is 0 Å². The zero-order valence-electron chi connectivity index (χ0n) is 22.5. The first-order chi connectivity index (χ1) is 19.2. The van der Waals surface area contributed by atoms with Gasteiger partial charge in [-0.1, -0.05) is 80.8 Å². The van der Waals surface area contributed by atoms with Crippen LogP contribution in [0.4, 0.5) is 0 Å². The minimum atomic E-state index is 0.329. The third kappa shape index (κ3) is 7.47. The maximum Gasteiger partial charge on any atom is 0.181 e. The van der Waals surface area contributed by atoms with Crippen LogP contribution in [0, 0.1) is 5.41 Å². The van der Waals surface area contributed by atoms with E-state index in [0.29, 0.717) is 5.49 Å². The average molecular weight is 523 g/mol. The molecular weight excluding hydrogens is 488 g/mol. The fraction of sp³-hybridized carbons (Fsp3) is 0.258. The third-order valence-corrected chi connectivity index (χ3v) is 6.21. The molecule has 3 aromatic heterocycles. The van der Waals surface area contributed by atoms with Gasteiger partial charge in [-0.05, 0) is 55.7 Å². The molecule has 8 nitrogen and oxygen atoms in total. The van der Waals surface area contributed by atoms with Crippen molar-refractivity contribution < 1.29 is 8.83 Å². The van der Waals surface area contributed by atoms with E-state index in [1.807, 2.05) is 83.5 Å². The number of nitrogens with one attached hydrogen (secondary N) is 1. The number of oxazole rings is 2. The van der Waals surface area contributed by atoms with Crippen LogP contribution in [0.1, 0.15) is 50.8 Å². The molecule has 8 heteroatoms. The van der Waals surface area contributed by atoms with Crippen molar-refractivity contribution in [3.63, 3.8) is 0 Å². The van der Waals surface area contributed by atoms with Crippen LogP contribution in [0.3, 0.4) is 0 Å². The van der Waals surface area contributed by atoms with Gasteiger partial charge < -0.3 is 8.83 Å². The Morgan fingerprint density at radius 2 is 1.31 bits per heavy atom. The Morgan fingerprint density at radius 3 is 1.87 bits per heavy atom. The van der Waals surface area contributed by atoms with Crippen molar-refractivity contribution in [1.82, 2.24) is 25.0 Å². The van der Waals surface area contributed by atoms with Crippen LogP contribution in [-0.4, -0.2) is 25.0 Å². The lowest BCUT2D eigenvalue weighted by molar-refractivity contribution is 0.602. The number of hydrogen-bond acceptors (Lipinski definition) is 7. The molecule has 0 aliphatic carbocycles. The molecule has 0 amide bonds. The molecule has 0 aliphatic heterocycles. The van der Waals surface area contributed by atoms with Gasteiger partial charge in [-0.2, -0.15) is 0 Å². The fourth-order valence-corrected chi connectivity index (χ4v) is 4.21. The first kappa shape index (κ1) is 27.4. The molecule has 0 spiro atoms. The first-order valence-electron chi connectivity index (χ1n) is 13.4. The predicted octanol–water partition coefficient (Wildman–Crippen LogP) is 7.09. The smallest absolute Gasteiger partial charge is 0.181 e. The molecule has 6 rings (SSSR count). The van der Waals surface area contributed by atoms with Crippen molar-refractivity contribution >= 4 is 22.2 Å². The van der Waals surface area contributed by atoms with Gasteiger partial charge in [-0.15, -0.1) is 5.10 Å². The second-order valence-corrected chi connectivity index (χ2v) is 8.92. The molecular formula is C31H34N6O2. The Kier molecular flexibility index (Phi) is 10.1. The molecule has 3 aromatic carbocycles. The standard InChI is InChI=1S/C17H24N4.2C7H5NO/c1-3-5-6-10-13-15-16(4-2)21(20-19-17(15)18)14-11-8-7-9-12-14;2*1-2-4-7-6(3-1)8-5-9-7/h7-9,11-12,18H,3-6,10,13H2,1-2H3;2*1-5H. The summed E-state index contributed by atoms with van der Waals surface area (Å²) in [5.74, 6) is 0. The number of fused-ring (bicyclic) bond motifs is 2. The van der Waals surface area contributed by atoms with Crippen LogP contribution in [-0.2, 0) is 12.8 Å². The number of hydrogen-bond donors (Lipinski definition) is 1. The quantitative estimate of drug-likeness (QED) is 0.224. The normalized spacial score (nSPS) is 10.5. The van der Waals surface area contributed by atoms with E-state index in [2.05, 4.69) is 34.1 Å². The topological polar surface area (TPSA) is 107 Å². The molecule has 1 N–H and O–H groups in total. The summed E-state index contributed by atoms with van der Waals surface area (Å²) < 4.78 is 11.9. The van der Waals surface area contributed by atoms with Crippen LogP contribution in [0.15, 0.2) is 100 Å². The van der Waals surface area contributed by atoms with Crippen molar-refractivity contribution in [2.75, 3.05) is 0 Å². The maximum absolute atomic E-state index is 8.07. The third-order valence-electron chi connectivity index (χ3n) is 6.21. The minimum absolute atomic E-state index is 0.329. The molecule has 0 bridgehead atoms. The molecule has 39 heavy (non-hydrogen) atoms. The Hall–Kier alpha value is -4.59. The van der Waals surface area contributed by atoms with Crippen LogP contribution in [0.25, 0.3) is 27.9 Å². The zero-order valence-corrected chi connectivity index (χ0v) is 22.5. The number of aromatic nitrogens is 5. The number of unbranched alkanes of at least 4 members (excludes halogenated alkanes) is 3. The summed E-state index contributed by atoms with van der Waals surface area (Å²) >= 11 is 0. The summed E-state index contributed by atoms with van der Waals surface area (Å²) in [6, 6.07) is 25.4. The number of benzene rings is 3. The lowest BCUT2D eigenvalue weighted by Gasteiger charge is -2.14.